The quantitative estimate of drug-likeness (QED) is 0.542. The van der Waals surface area contributed by atoms with Gasteiger partial charge in [-0.15, -0.1) is 0 Å². The van der Waals surface area contributed by atoms with Crippen molar-refractivity contribution >= 4 is 29.3 Å². The lowest BCUT2D eigenvalue weighted by molar-refractivity contribution is -0.112. The first-order chi connectivity index (χ1) is 12.9. The molecule has 2 aromatic carbocycles. The second-order valence-corrected chi connectivity index (χ2v) is 6.63. The molecule has 0 spiro atoms. The third-order valence-corrected chi connectivity index (χ3v) is 3.89. The second-order valence-electron chi connectivity index (χ2n) is 6.22. The van der Waals surface area contributed by atoms with Crippen LogP contribution in [0.1, 0.15) is 19.4 Å². The Bertz CT molecular complexity index is 885. The van der Waals surface area contributed by atoms with Crippen LogP contribution in [-0.2, 0) is 4.79 Å². The SMILES string of the molecule is COc1cc(/C=C(\C#N)C(=O)Nc2ccccc2Cl)ccc1OCC(C)C. The topological polar surface area (TPSA) is 71.3 Å². The Morgan fingerprint density at radius 1 is 1.26 bits per heavy atom. The first-order valence-corrected chi connectivity index (χ1v) is 8.81. The summed E-state index contributed by atoms with van der Waals surface area (Å²) in [5.41, 5.74) is 1.04. The van der Waals surface area contributed by atoms with Gasteiger partial charge in [0, 0.05) is 0 Å². The third kappa shape index (κ3) is 5.77. The molecule has 6 heteroatoms. The molecule has 0 aliphatic heterocycles. The molecule has 0 bridgehead atoms. The molecule has 0 saturated carbocycles. The highest BCUT2D eigenvalue weighted by Gasteiger charge is 2.12. The fourth-order valence-electron chi connectivity index (χ4n) is 2.22. The largest absolute Gasteiger partial charge is 0.493 e. The van der Waals surface area contributed by atoms with E-state index in [1.165, 1.54) is 6.08 Å². The Labute approximate surface area is 164 Å². The van der Waals surface area contributed by atoms with Gasteiger partial charge in [0.15, 0.2) is 11.5 Å². The highest BCUT2D eigenvalue weighted by Crippen LogP contribution is 2.29. The molecule has 0 radical (unpaired) electrons. The van der Waals surface area contributed by atoms with Crippen LogP contribution in [0.2, 0.25) is 5.02 Å². The molecule has 140 valence electrons. The molecule has 2 aromatic rings. The van der Waals surface area contributed by atoms with Gasteiger partial charge in [-0.1, -0.05) is 43.6 Å². The number of para-hydroxylation sites is 1. The fourth-order valence-corrected chi connectivity index (χ4v) is 2.40. The summed E-state index contributed by atoms with van der Waals surface area (Å²) in [5, 5.41) is 12.4. The van der Waals surface area contributed by atoms with Gasteiger partial charge in [-0.2, -0.15) is 5.26 Å². The van der Waals surface area contributed by atoms with Gasteiger partial charge in [-0.05, 0) is 41.8 Å². The number of halogens is 1. The van der Waals surface area contributed by atoms with Gasteiger partial charge in [0.25, 0.3) is 5.91 Å². The number of amides is 1. The number of nitriles is 1. The summed E-state index contributed by atoms with van der Waals surface area (Å²) in [6.07, 6.45) is 1.49. The van der Waals surface area contributed by atoms with Crippen molar-refractivity contribution in [2.24, 2.45) is 5.92 Å². The predicted octanol–water partition coefficient (Wildman–Crippen LogP) is 4.93. The van der Waals surface area contributed by atoms with Gasteiger partial charge in [0.1, 0.15) is 11.6 Å². The van der Waals surface area contributed by atoms with Crippen molar-refractivity contribution in [1.82, 2.24) is 0 Å². The van der Waals surface area contributed by atoms with E-state index in [2.05, 4.69) is 19.2 Å². The van der Waals surface area contributed by atoms with Gasteiger partial charge in [-0.25, -0.2) is 0 Å². The Morgan fingerprint density at radius 2 is 2.00 bits per heavy atom. The van der Waals surface area contributed by atoms with Crippen LogP contribution in [0.25, 0.3) is 6.08 Å². The van der Waals surface area contributed by atoms with E-state index in [9.17, 15) is 10.1 Å². The van der Waals surface area contributed by atoms with Crippen LogP contribution in [0.5, 0.6) is 11.5 Å². The van der Waals surface area contributed by atoms with Crippen molar-refractivity contribution in [1.29, 1.82) is 5.26 Å². The second kappa shape index (κ2) is 9.65. The lowest BCUT2D eigenvalue weighted by atomic mass is 10.1. The van der Waals surface area contributed by atoms with Crippen LogP contribution in [0.4, 0.5) is 5.69 Å². The molecular formula is C21H21ClN2O3. The van der Waals surface area contributed by atoms with Crippen molar-refractivity contribution in [3.8, 4) is 17.6 Å². The van der Waals surface area contributed by atoms with E-state index in [-0.39, 0.29) is 5.57 Å². The predicted molar refractivity (Wildman–Crippen MR) is 107 cm³/mol. The minimum atomic E-state index is -0.537. The number of hydrogen-bond donors (Lipinski definition) is 1. The van der Waals surface area contributed by atoms with Crippen molar-refractivity contribution in [3.05, 3.63) is 58.6 Å². The van der Waals surface area contributed by atoms with E-state index >= 15 is 0 Å². The monoisotopic (exact) mass is 384 g/mol. The van der Waals surface area contributed by atoms with Crippen molar-refractivity contribution in [2.75, 3.05) is 19.0 Å². The number of anilines is 1. The minimum absolute atomic E-state index is 0.0483. The third-order valence-electron chi connectivity index (χ3n) is 3.56. The number of rotatable bonds is 7. The summed E-state index contributed by atoms with van der Waals surface area (Å²) in [6, 6.07) is 14.0. The van der Waals surface area contributed by atoms with E-state index < -0.39 is 5.91 Å². The zero-order chi connectivity index (χ0) is 19.8. The smallest absolute Gasteiger partial charge is 0.266 e. The summed E-state index contributed by atoms with van der Waals surface area (Å²) in [4.78, 5) is 12.4. The number of benzene rings is 2. The molecule has 5 nitrogen and oxygen atoms in total. The number of hydrogen-bond acceptors (Lipinski definition) is 4. The van der Waals surface area contributed by atoms with Crippen molar-refractivity contribution in [3.63, 3.8) is 0 Å². The van der Waals surface area contributed by atoms with Crippen LogP contribution < -0.4 is 14.8 Å². The molecule has 0 atom stereocenters. The van der Waals surface area contributed by atoms with Crippen LogP contribution in [0.3, 0.4) is 0 Å². The number of carbonyl (C=O) groups excluding carboxylic acids is 1. The molecular weight excluding hydrogens is 364 g/mol. The molecule has 0 heterocycles. The standard InChI is InChI=1S/C21H21ClN2O3/c1-14(2)13-27-19-9-8-15(11-20(19)26-3)10-16(12-23)21(25)24-18-7-5-4-6-17(18)22/h4-11,14H,13H2,1-3H3,(H,24,25)/b16-10+. The molecule has 0 aliphatic rings. The number of nitrogens with one attached hydrogen (secondary N) is 1. The van der Waals surface area contributed by atoms with Gasteiger partial charge >= 0.3 is 0 Å². The Kier molecular flexibility index (Phi) is 7.27. The Morgan fingerprint density at radius 3 is 2.63 bits per heavy atom. The summed E-state index contributed by atoms with van der Waals surface area (Å²) in [7, 11) is 1.54. The Balaban J connectivity index is 2.22. The molecule has 1 amide bonds. The lowest BCUT2D eigenvalue weighted by Crippen LogP contribution is -2.13. The Hall–Kier alpha value is -2.97. The van der Waals surface area contributed by atoms with Crippen molar-refractivity contribution in [2.45, 2.75) is 13.8 Å². The average molecular weight is 385 g/mol. The molecule has 27 heavy (non-hydrogen) atoms. The van der Waals surface area contributed by atoms with Gasteiger partial charge in [0.05, 0.1) is 24.4 Å². The highest BCUT2D eigenvalue weighted by atomic mass is 35.5. The van der Waals surface area contributed by atoms with Gasteiger partial charge in [0.2, 0.25) is 0 Å². The number of methoxy groups -OCH3 is 1. The van der Waals surface area contributed by atoms with E-state index in [0.29, 0.717) is 40.3 Å². The maximum atomic E-state index is 12.4. The number of carbonyl (C=O) groups is 1. The molecule has 0 aliphatic carbocycles. The maximum Gasteiger partial charge on any atom is 0.266 e. The summed E-state index contributed by atoms with van der Waals surface area (Å²) in [6.45, 7) is 4.68. The van der Waals surface area contributed by atoms with Crippen LogP contribution in [0.15, 0.2) is 48.0 Å². The van der Waals surface area contributed by atoms with Crippen LogP contribution >= 0.6 is 11.6 Å². The zero-order valence-corrected chi connectivity index (χ0v) is 16.2. The summed E-state index contributed by atoms with van der Waals surface area (Å²) < 4.78 is 11.1. The van der Waals surface area contributed by atoms with Crippen molar-refractivity contribution < 1.29 is 14.3 Å². The molecule has 0 fully saturated rings. The van der Waals surface area contributed by atoms with E-state index in [4.69, 9.17) is 21.1 Å². The van der Waals surface area contributed by atoms with E-state index in [1.807, 2.05) is 6.07 Å². The lowest BCUT2D eigenvalue weighted by Gasteiger charge is -2.13. The zero-order valence-electron chi connectivity index (χ0n) is 15.5. The van der Waals surface area contributed by atoms with Gasteiger partial charge < -0.3 is 14.8 Å². The molecule has 0 aromatic heterocycles. The van der Waals surface area contributed by atoms with Gasteiger partial charge in [-0.3, -0.25) is 4.79 Å². The molecule has 2 rings (SSSR count). The van der Waals surface area contributed by atoms with E-state index in [1.54, 1.807) is 49.6 Å². The number of ether oxygens (including phenoxy) is 2. The minimum Gasteiger partial charge on any atom is -0.493 e. The van der Waals surface area contributed by atoms with Crippen LogP contribution in [-0.4, -0.2) is 19.6 Å². The number of nitrogens with zero attached hydrogens (tertiary/aromatic N) is 1. The molecule has 1 N–H and O–H groups in total. The maximum absolute atomic E-state index is 12.4. The normalized spacial score (nSPS) is 11.0. The average Bonchev–Trinajstić information content (AvgIpc) is 2.66. The highest BCUT2D eigenvalue weighted by molar-refractivity contribution is 6.34. The molecule has 0 saturated heterocycles. The van der Waals surface area contributed by atoms with Crippen LogP contribution in [0, 0.1) is 17.2 Å². The first-order valence-electron chi connectivity index (χ1n) is 8.43. The summed E-state index contributed by atoms with van der Waals surface area (Å²) in [5.74, 6) is 0.994. The summed E-state index contributed by atoms with van der Waals surface area (Å²) >= 11 is 6.04. The first kappa shape index (κ1) is 20.3. The fraction of sp³-hybridized carbons (Fsp3) is 0.238. The van der Waals surface area contributed by atoms with E-state index in [0.717, 1.165) is 0 Å². The molecule has 0 unspecified atom stereocenters.